The Balaban J connectivity index is 1.95. The van der Waals surface area contributed by atoms with E-state index in [1.165, 1.54) is 6.08 Å². The molecule has 1 heterocycles. The lowest BCUT2D eigenvalue weighted by atomic mass is 10.2. The molecule has 0 aliphatic carbocycles. The second kappa shape index (κ2) is 8.71. The Labute approximate surface area is 181 Å². The zero-order chi connectivity index (χ0) is 20.4. The summed E-state index contributed by atoms with van der Waals surface area (Å²) in [6.07, 6.45) is 2.36. The van der Waals surface area contributed by atoms with Crippen LogP contribution in [0.5, 0.6) is 5.75 Å². The summed E-state index contributed by atoms with van der Waals surface area (Å²) >= 11 is 12.8. The van der Waals surface area contributed by atoms with E-state index in [0.29, 0.717) is 26.9 Å². The van der Waals surface area contributed by atoms with Crippen molar-refractivity contribution in [2.75, 3.05) is 6.61 Å². The maximum atomic E-state index is 13.5. The molecule has 0 aromatic heterocycles. The van der Waals surface area contributed by atoms with Crippen LogP contribution in [0.2, 0.25) is 5.02 Å². The molecule has 0 radical (unpaired) electrons. The van der Waals surface area contributed by atoms with Gasteiger partial charge in [0.2, 0.25) is 5.90 Å². The highest BCUT2D eigenvalue weighted by atomic mass is 79.9. The number of carbonyl (C=O) groups excluding carboxylic acids is 1. The molecule has 1 aliphatic heterocycles. The molecule has 0 saturated heterocycles. The smallest absolute Gasteiger partial charge is 0.363 e. The minimum absolute atomic E-state index is 0.00294. The first-order valence-corrected chi connectivity index (χ1v) is 10.1. The summed E-state index contributed by atoms with van der Waals surface area (Å²) < 4.78 is 38.9. The molecule has 0 unspecified atom stereocenters. The molecular weight excluding hydrogens is 523 g/mol. The number of esters is 1. The van der Waals surface area contributed by atoms with E-state index >= 15 is 0 Å². The van der Waals surface area contributed by atoms with Gasteiger partial charge in [-0.1, -0.05) is 18.5 Å². The van der Waals surface area contributed by atoms with Crippen molar-refractivity contribution in [2.45, 2.75) is 13.3 Å². The van der Waals surface area contributed by atoms with E-state index in [4.69, 9.17) is 21.1 Å². The second-order valence-corrected chi connectivity index (χ2v) is 7.86. The van der Waals surface area contributed by atoms with Gasteiger partial charge in [-0.25, -0.2) is 18.6 Å². The lowest BCUT2D eigenvalue weighted by Crippen LogP contribution is -2.07. The van der Waals surface area contributed by atoms with Gasteiger partial charge in [-0.05, 0) is 74.2 Å². The van der Waals surface area contributed by atoms with Crippen LogP contribution < -0.4 is 4.74 Å². The summed E-state index contributed by atoms with van der Waals surface area (Å²) in [6.45, 7) is 2.56. The Morgan fingerprint density at radius 3 is 2.46 bits per heavy atom. The van der Waals surface area contributed by atoms with E-state index in [1.807, 2.05) is 6.92 Å². The Hall–Kier alpha value is -1.77. The Morgan fingerprint density at radius 1 is 1.18 bits per heavy atom. The van der Waals surface area contributed by atoms with Crippen LogP contribution in [-0.2, 0) is 9.53 Å². The van der Waals surface area contributed by atoms with E-state index in [1.54, 1.807) is 12.1 Å². The van der Waals surface area contributed by atoms with Gasteiger partial charge in [0, 0.05) is 0 Å². The molecular formula is C19H12Br2ClF2NO3. The number of nitrogens with zero attached hydrogens (tertiary/aromatic N) is 1. The SMILES string of the molecule is CCCOc1c(Br)cc(/C=C2\N=C(c3cc(F)c(F)cc3Cl)OC2=O)cc1Br. The molecule has 0 N–H and O–H groups in total. The van der Waals surface area contributed by atoms with E-state index in [0.717, 1.165) is 18.6 Å². The number of hydrogen-bond acceptors (Lipinski definition) is 4. The van der Waals surface area contributed by atoms with Gasteiger partial charge < -0.3 is 9.47 Å². The number of cyclic esters (lactones) is 1. The standard InChI is InChI=1S/C19H12Br2ClF2NO3/c1-2-3-27-17-11(20)4-9(5-12(17)21)6-16-19(26)28-18(25-16)10-7-14(23)15(24)8-13(10)22/h4-8H,2-3H2,1H3/b16-6-. The molecule has 0 bridgehead atoms. The number of carbonyl (C=O) groups is 1. The first kappa shape index (κ1) is 21.0. The molecule has 0 saturated carbocycles. The molecule has 2 aromatic rings. The van der Waals surface area contributed by atoms with Crippen LogP contribution in [0.4, 0.5) is 8.78 Å². The summed E-state index contributed by atoms with van der Waals surface area (Å²) in [4.78, 5) is 16.2. The van der Waals surface area contributed by atoms with Crippen LogP contribution in [0.25, 0.3) is 6.08 Å². The van der Waals surface area contributed by atoms with E-state index in [-0.39, 0.29) is 22.2 Å². The van der Waals surface area contributed by atoms with Crippen LogP contribution in [0.15, 0.2) is 43.9 Å². The highest BCUT2D eigenvalue weighted by molar-refractivity contribution is 9.11. The van der Waals surface area contributed by atoms with Crippen molar-refractivity contribution in [3.63, 3.8) is 0 Å². The zero-order valence-corrected chi connectivity index (χ0v) is 18.3. The average Bonchev–Trinajstić information content (AvgIpc) is 2.98. The third kappa shape index (κ3) is 4.45. The maximum absolute atomic E-state index is 13.5. The number of halogens is 5. The van der Waals surface area contributed by atoms with E-state index in [9.17, 15) is 13.6 Å². The largest absolute Gasteiger partial charge is 0.491 e. The third-order valence-corrected chi connectivity index (χ3v) is 5.13. The molecule has 9 heteroatoms. The number of aliphatic imine (C=N–C) groups is 1. The van der Waals surface area contributed by atoms with Crippen molar-refractivity contribution in [1.82, 2.24) is 0 Å². The molecule has 0 spiro atoms. The quantitative estimate of drug-likeness (QED) is 0.257. The van der Waals surface area contributed by atoms with Crippen molar-refractivity contribution in [3.05, 3.63) is 66.7 Å². The molecule has 0 fully saturated rings. The van der Waals surface area contributed by atoms with Crippen molar-refractivity contribution in [2.24, 2.45) is 4.99 Å². The summed E-state index contributed by atoms with van der Waals surface area (Å²) in [5.41, 5.74) is 0.635. The van der Waals surface area contributed by atoms with Gasteiger partial charge in [-0.2, -0.15) is 0 Å². The van der Waals surface area contributed by atoms with Gasteiger partial charge in [0.25, 0.3) is 0 Å². The molecule has 0 atom stereocenters. The molecule has 28 heavy (non-hydrogen) atoms. The monoisotopic (exact) mass is 533 g/mol. The maximum Gasteiger partial charge on any atom is 0.363 e. The van der Waals surface area contributed by atoms with Gasteiger partial charge in [-0.3, -0.25) is 0 Å². The Bertz CT molecular complexity index is 1000. The third-order valence-electron chi connectivity index (χ3n) is 3.64. The first-order valence-electron chi connectivity index (χ1n) is 8.09. The predicted octanol–water partition coefficient (Wildman–Crippen LogP) is 6.28. The number of rotatable bonds is 5. The van der Waals surface area contributed by atoms with Crippen molar-refractivity contribution >= 4 is 61.4 Å². The lowest BCUT2D eigenvalue weighted by Gasteiger charge is -2.10. The molecule has 1 aliphatic rings. The fourth-order valence-corrected chi connectivity index (χ4v) is 4.06. The van der Waals surface area contributed by atoms with Crippen LogP contribution in [0.1, 0.15) is 24.5 Å². The zero-order valence-electron chi connectivity index (χ0n) is 14.4. The summed E-state index contributed by atoms with van der Waals surface area (Å²) in [5, 5.41) is -0.116. The van der Waals surface area contributed by atoms with E-state index in [2.05, 4.69) is 36.9 Å². The van der Waals surface area contributed by atoms with Crippen LogP contribution in [-0.4, -0.2) is 18.5 Å². The minimum Gasteiger partial charge on any atom is -0.491 e. The highest BCUT2D eigenvalue weighted by Crippen LogP contribution is 2.36. The number of ether oxygens (including phenoxy) is 2. The Morgan fingerprint density at radius 2 is 1.82 bits per heavy atom. The van der Waals surface area contributed by atoms with Crippen molar-refractivity contribution in [1.29, 1.82) is 0 Å². The number of hydrogen-bond donors (Lipinski definition) is 0. The summed E-state index contributed by atoms with van der Waals surface area (Å²) in [6, 6.07) is 5.15. The lowest BCUT2D eigenvalue weighted by molar-refractivity contribution is -0.129. The van der Waals surface area contributed by atoms with Gasteiger partial charge >= 0.3 is 5.97 Å². The second-order valence-electron chi connectivity index (χ2n) is 5.74. The molecule has 4 nitrogen and oxygen atoms in total. The summed E-state index contributed by atoms with van der Waals surface area (Å²) in [7, 11) is 0. The Kier molecular flexibility index (Phi) is 6.52. The number of benzene rings is 2. The highest BCUT2D eigenvalue weighted by Gasteiger charge is 2.27. The normalized spacial score (nSPS) is 15.0. The summed E-state index contributed by atoms with van der Waals surface area (Å²) in [5.74, 6) is -2.49. The van der Waals surface area contributed by atoms with Gasteiger partial charge in [-0.15, -0.1) is 0 Å². The molecule has 146 valence electrons. The predicted molar refractivity (Wildman–Crippen MR) is 110 cm³/mol. The molecule has 2 aromatic carbocycles. The van der Waals surface area contributed by atoms with Crippen LogP contribution >= 0.6 is 43.5 Å². The minimum atomic E-state index is -1.12. The van der Waals surface area contributed by atoms with E-state index < -0.39 is 17.6 Å². The fraction of sp³-hybridized carbons (Fsp3) is 0.158. The molecule has 0 amide bonds. The average molecular weight is 536 g/mol. The fourth-order valence-electron chi connectivity index (χ4n) is 2.37. The van der Waals surface area contributed by atoms with Crippen LogP contribution in [0, 0.1) is 11.6 Å². The van der Waals surface area contributed by atoms with Gasteiger partial charge in [0.1, 0.15) is 5.75 Å². The van der Waals surface area contributed by atoms with Gasteiger partial charge in [0.15, 0.2) is 17.3 Å². The first-order chi connectivity index (χ1) is 13.3. The molecule has 3 rings (SSSR count). The van der Waals surface area contributed by atoms with Crippen molar-refractivity contribution in [3.8, 4) is 5.75 Å². The van der Waals surface area contributed by atoms with Crippen LogP contribution in [0.3, 0.4) is 0 Å². The van der Waals surface area contributed by atoms with Crippen molar-refractivity contribution < 1.29 is 23.0 Å². The van der Waals surface area contributed by atoms with Gasteiger partial charge in [0.05, 0.1) is 26.1 Å². The topological polar surface area (TPSA) is 47.9 Å².